The normalized spacial score (nSPS) is 19.4. The van der Waals surface area contributed by atoms with E-state index in [2.05, 4.69) is 5.32 Å². The summed E-state index contributed by atoms with van der Waals surface area (Å²) in [5.74, 6) is 0.649. The van der Waals surface area contributed by atoms with Gasteiger partial charge in [0.2, 0.25) is 0 Å². The van der Waals surface area contributed by atoms with E-state index in [4.69, 9.17) is 5.11 Å². The first-order chi connectivity index (χ1) is 9.54. The molecule has 0 aliphatic heterocycles. The molecule has 2 aliphatic carbocycles. The third-order valence-electron chi connectivity index (χ3n) is 4.04. The summed E-state index contributed by atoms with van der Waals surface area (Å²) in [4.78, 5) is 24.7. The van der Waals surface area contributed by atoms with Crippen LogP contribution in [0.4, 0.5) is 4.79 Å². The monoisotopic (exact) mass is 282 g/mol. The van der Waals surface area contributed by atoms with E-state index in [-0.39, 0.29) is 18.5 Å². The van der Waals surface area contributed by atoms with Gasteiger partial charge in [-0.3, -0.25) is 4.79 Å². The zero-order valence-corrected chi connectivity index (χ0v) is 12.3. The first-order valence-corrected chi connectivity index (χ1v) is 7.82. The number of carbonyl (C=O) groups excluding carboxylic acids is 1. The Labute approximate surface area is 120 Å². The van der Waals surface area contributed by atoms with Gasteiger partial charge < -0.3 is 15.3 Å². The van der Waals surface area contributed by atoms with E-state index in [0.29, 0.717) is 18.3 Å². The van der Waals surface area contributed by atoms with Crippen LogP contribution in [0, 0.1) is 11.8 Å². The number of aliphatic carboxylic acids is 1. The molecule has 20 heavy (non-hydrogen) atoms. The highest BCUT2D eigenvalue weighted by Crippen LogP contribution is 2.33. The van der Waals surface area contributed by atoms with Crippen molar-refractivity contribution in [2.24, 2.45) is 11.8 Å². The molecule has 5 heteroatoms. The number of hydrogen-bond donors (Lipinski definition) is 2. The molecule has 2 fully saturated rings. The van der Waals surface area contributed by atoms with Gasteiger partial charge in [-0.15, -0.1) is 0 Å². The van der Waals surface area contributed by atoms with E-state index in [1.807, 2.05) is 11.8 Å². The maximum Gasteiger partial charge on any atom is 0.317 e. The largest absolute Gasteiger partial charge is 0.481 e. The minimum atomic E-state index is -0.771. The number of carboxylic acids is 1. The molecular weight excluding hydrogens is 256 g/mol. The lowest BCUT2D eigenvalue weighted by Crippen LogP contribution is -2.45. The van der Waals surface area contributed by atoms with E-state index < -0.39 is 5.97 Å². The molecule has 0 saturated heterocycles. The van der Waals surface area contributed by atoms with Crippen molar-refractivity contribution in [3.63, 3.8) is 0 Å². The van der Waals surface area contributed by atoms with Crippen LogP contribution in [0.15, 0.2) is 0 Å². The Morgan fingerprint density at radius 1 is 1.20 bits per heavy atom. The molecule has 0 bridgehead atoms. The molecule has 5 nitrogen and oxygen atoms in total. The van der Waals surface area contributed by atoms with Crippen LogP contribution in [0.5, 0.6) is 0 Å². The Kier molecular flexibility index (Phi) is 5.26. The van der Waals surface area contributed by atoms with Crippen molar-refractivity contribution in [3.8, 4) is 0 Å². The van der Waals surface area contributed by atoms with Gasteiger partial charge >= 0.3 is 12.0 Å². The first-order valence-electron chi connectivity index (χ1n) is 7.82. The molecule has 114 valence electrons. The average molecular weight is 282 g/mol. The van der Waals surface area contributed by atoms with Crippen LogP contribution < -0.4 is 5.32 Å². The highest BCUT2D eigenvalue weighted by atomic mass is 16.4. The van der Waals surface area contributed by atoms with Gasteiger partial charge in [0.25, 0.3) is 0 Å². The second-order valence-electron chi connectivity index (χ2n) is 6.43. The van der Waals surface area contributed by atoms with E-state index in [1.165, 1.54) is 25.7 Å². The van der Waals surface area contributed by atoms with Gasteiger partial charge in [0.1, 0.15) is 0 Å². The maximum atomic E-state index is 12.3. The molecule has 0 spiro atoms. The van der Waals surface area contributed by atoms with E-state index in [1.54, 1.807) is 0 Å². The fourth-order valence-electron chi connectivity index (χ4n) is 2.40. The standard InChI is InChI=1S/C15H26N2O3/c1-11(3-2-4-14(18)19)16-15(20)17(9-12-5-6-12)10-13-7-8-13/h11-13H,2-10H2,1H3,(H,16,20)(H,18,19). The lowest BCUT2D eigenvalue weighted by Gasteiger charge is -2.25. The number of amides is 2. The fourth-order valence-corrected chi connectivity index (χ4v) is 2.40. The Hall–Kier alpha value is -1.26. The number of nitrogens with one attached hydrogen (secondary N) is 1. The molecule has 1 atom stereocenters. The summed E-state index contributed by atoms with van der Waals surface area (Å²) in [6.45, 7) is 3.74. The maximum absolute atomic E-state index is 12.3. The summed E-state index contributed by atoms with van der Waals surface area (Å²) in [5.41, 5.74) is 0. The third-order valence-corrected chi connectivity index (χ3v) is 4.04. The second kappa shape index (κ2) is 6.95. The molecule has 2 amide bonds. The van der Waals surface area contributed by atoms with Gasteiger partial charge in [-0.05, 0) is 57.3 Å². The van der Waals surface area contributed by atoms with E-state index in [0.717, 1.165) is 19.5 Å². The molecule has 0 aromatic heterocycles. The number of nitrogens with zero attached hydrogens (tertiary/aromatic N) is 1. The molecule has 0 aromatic rings. The zero-order chi connectivity index (χ0) is 14.5. The van der Waals surface area contributed by atoms with Crippen LogP contribution in [-0.4, -0.2) is 41.1 Å². The summed E-state index contributed by atoms with van der Waals surface area (Å²) in [6, 6.07) is 0.0781. The quantitative estimate of drug-likeness (QED) is 0.682. The lowest BCUT2D eigenvalue weighted by atomic mass is 10.1. The molecule has 0 radical (unpaired) electrons. The molecule has 2 rings (SSSR count). The van der Waals surface area contributed by atoms with Gasteiger partial charge in [-0.2, -0.15) is 0 Å². The Bertz CT molecular complexity index is 337. The number of carbonyl (C=O) groups is 2. The van der Waals surface area contributed by atoms with Crippen molar-refractivity contribution >= 4 is 12.0 Å². The Balaban J connectivity index is 1.69. The van der Waals surface area contributed by atoms with Crippen molar-refractivity contribution < 1.29 is 14.7 Å². The number of rotatable bonds is 9. The van der Waals surface area contributed by atoms with Crippen LogP contribution in [0.1, 0.15) is 51.9 Å². The molecule has 2 aliphatic rings. The minimum Gasteiger partial charge on any atom is -0.481 e. The molecule has 1 unspecified atom stereocenters. The van der Waals surface area contributed by atoms with Crippen molar-refractivity contribution in [2.75, 3.05) is 13.1 Å². The molecule has 0 aromatic carbocycles. The second-order valence-corrected chi connectivity index (χ2v) is 6.43. The first kappa shape index (κ1) is 15.1. The Morgan fingerprint density at radius 2 is 1.75 bits per heavy atom. The minimum absolute atomic E-state index is 0.0339. The zero-order valence-electron chi connectivity index (χ0n) is 12.3. The summed E-state index contributed by atoms with van der Waals surface area (Å²) in [7, 11) is 0. The smallest absolute Gasteiger partial charge is 0.317 e. The Morgan fingerprint density at radius 3 is 2.20 bits per heavy atom. The van der Waals surface area contributed by atoms with Gasteiger partial charge in [0.15, 0.2) is 0 Å². The summed E-state index contributed by atoms with van der Waals surface area (Å²) in [5, 5.41) is 11.6. The lowest BCUT2D eigenvalue weighted by molar-refractivity contribution is -0.137. The van der Waals surface area contributed by atoms with Crippen molar-refractivity contribution in [3.05, 3.63) is 0 Å². The molecule has 0 heterocycles. The average Bonchev–Trinajstić information content (AvgIpc) is 3.22. The molecule has 2 saturated carbocycles. The number of urea groups is 1. The predicted molar refractivity (Wildman–Crippen MR) is 76.5 cm³/mol. The van der Waals surface area contributed by atoms with E-state index in [9.17, 15) is 9.59 Å². The number of carboxylic acid groups (broad SMARTS) is 1. The number of hydrogen-bond acceptors (Lipinski definition) is 2. The molecular formula is C15H26N2O3. The third kappa shape index (κ3) is 5.80. The van der Waals surface area contributed by atoms with Crippen LogP contribution in [-0.2, 0) is 4.79 Å². The molecule has 2 N–H and O–H groups in total. The summed E-state index contributed by atoms with van der Waals surface area (Å²) < 4.78 is 0. The van der Waals surface area contributed by atoms with Gasteiger partial charge in [0.05, 0.1) is 0 Å². The predicted octanol–water partition coefficient (Wildman–Crippen LogP) is 2.46. The topological polar surface area (TPSA) is 69.6 Å². The van der Waals surface area contributed by atoms with Crippen LogP contribution >= 0.6 is 0 Å². The highest BCUT2D eigenvalue weighted by Gasteiger charge is 2.31. The highest BCUT2D eigenvalue weighted by molar-refractivity contribution is 5.74. The summed E-state index contributed by atoms with van der Waals surface area (Å²) in [6.07, 6.45) is 6.52. The van der Waals surface area contributed by atoms with Gasteiger partial charge in [0, 0.05) is 25.6 Å². The van der Waals surface area contributed by atoms with Gasteiger partial charge in [-0.25, -0.2) is 4.79 Å². The summed E-state index contributed by atoms with van der Waals surface area (Å²) >= 11 is 0. The van der Waals surface area contributed by atoms with Crippen LogP contribution in [0.2, 0.25) is 0 Å². The van der Waals surface area contributed by atoms with Crippen LogP contribution in [0.25, 0.3) is 0 Å². The van der Waals surface area contributed by atoms with Crippen molar-refractivity contribution in [1.29, 1.82) is 0 Å². The SMILES string of the molecule is CC(CCCC(=O)O)NC(=O)N(CC1CC1)CC1CC1. The van der Waals surface area contributed by atoms with Crippen molar-refractivity contribution in [2.45, 2.75) is 57.9 Å². The van der Waals surface area contributed by atoms with E-state index >= 15 is 0 Å². The van der Waals surface area contributed by atoms with Crippen LogP contribution in [0.3, 0.4) is 0 Å². The van der Waals surface area contributed by atoms with Gasteiger partial charge in [-0.1, -0.05) is 0 Å². The van der Waals surface area contributed by atoms with Crippen molar-refractivity contribution in [1.82, 2.24) is 10.2 Å². The fraction of sp³-hybridized carbons (Fsp3) is 0.867.